The van der Waals surface area contributed by atoms with Crippen molar-refractivity contribution in [2.75, 3.05) is 14.2 Å². The summed E-state index contributed by atoms with van der Waals surface area (Å²) >= 11 is 0. The number of aromatic amines is 2. The number of ketones is 1. The van der Waals surface area contributed by atoms with E-state index < -0.39 is 6.10 Å². The number of aliphatic hydroxyl groups is 1. The van der Waals surface area contributed by atoms with Gasteiger partial charge in [-0.3, -0.25) is 4.79 Å². The quantitative estimate of drug-likeness (QED) is 0.162. The van der Waals surface area contributed by atoms with E-state index in [4.69, 9.17) is 9.47 Å². The molecule has 0 bridgehead atoms. The summed E-state index contributed by atoms with van der Waals surface area (Å²) < 4.78 is 10.5. The van der Waals surface area contributed by atoms with Gasteiger partial charge in [-0.25, -0.2) is 0 Å². The zero-order chi connectivity index (χ0) is 27.8. The highest BCUT2D eigenvalue weighted by Gasteiger charge is 2.28. The smallest absolute Gasteiger partial charge is 0.160 e. The van der Waals surface area contributed by atoms with Gasteiger partial charge in [0, 0.05) is 37.1 Å². The maximum absolute atomic E-state index is 13.7. The maximum Gasteiger partial charge on any atom is 0.160 e. The molecule has 0 aliphatic carbocycles. The van der Waals surface area contributed by atoms with E-state index >= 15 is 0 Å². The largest absolute Gasteiger partial charge is 0.504 e. The summed E-state index contributed by atoms with van der Waals surface area (Å²) in [5, 5.41) is 31.4. The van der Waals surface area contributed by atoms with Crippen LogP contribution in [0.2, 0.25) is 0 Å². The predicted molar refractivity (Wildman–Crippen MR) is 148 cm³/mol. The molecule has 2 aromatic carbocycles. The fourth-order valence-electron chi connectivity index (χ4n) is 5.03. The first-order valence-corrected chi connectivity index (χ1v) is 13.0. The summed E-state index contributed by atoms with van der Waals surface area (Å²) in [6, 6.07) is 14.2. The first-order valence-electron chi connectivity index (χ1n) is 13.0. The molecule has 206 valence electrons. The number of phenolic OH excluding ortho intramolecular Hbond substituents is 2. The number of rotatable bonds is 14. The predicted octanol–water partition coefficient (Wildman–Crippen LogP) is 4.59. The Kier molecular flexibility index (Phi) is 9.33. The number of aliphatic hydroxyl groups excluding tert-OH is 1. The Bertz CT molecular complexity index is 1330. The molecule has 3 atom stereocenters. The molecule has 5 N–H and O–H groups in total. The first-order chi connectivity index (χ1) is 18.9. The van der Waals surface area contributed by atoms with Gasteiger partial charge in [-0.15, -0.1) is 0 Å². The topological polar surface area (TPSA) is 128 Å². The second-order valence-corrected chi connectivity index (χ2v) is 9.96. The molecule has 0 aliphatic heterocycles. The molecule has 0 amide bonds. The van der Waals surface area contributed by atoms with E-state index in [1.54, 1.807) is 30.3 Å². The number of carbonyl (C=O) groups excluding carboxylic acids is 1. The van der Waals surface area contributed by atoms with Gasteiger partial charge in [0.15, 0.2) is 23.0 Å². The van der Waals surface area contributed by atoms with E-state index in [2.05, 4.69) is 9.97 Å². The van der Waals surface area contributed by atoms with Crippen molar-refractivity contribution in [3.8, 4) is 23.0 Å². The third-order valence-corrected chi connectivity index (χ3v) is 7.18. The summed E-state index contributed by atoms with van der Waals surface area (Å²) in [6.07, 6.45) is 8.63. The van der Waals surface area contributed by atoms with Crippen LogP contribution in [0, 0.1) is 11.8 Å². The number of phenols is 2. The third kappa shape index (κ3) is 7.45. The Morgan fingerprint density at radius 1 is 0.744 bits per heavy atom. The Morgan fingerprint density at radius 3 is 1.74 bits per heavy atom. The van der Waals surface area contributed by atoms with Crippen LogP contribution in [-0.4, -0.2) is 51.4 Å². The molecule has 8 nitrogen and oxygen atoms in total. The number of aromatic hydroxyl groups is 2. The van der Waals surface area contributed by atoms with Gasteiger partial charge in [0.2, 0.25) is 0 Å². The Morgan fingerprint density at radius 2 is 1.23 bits per heavy atom. The van der Waals surface area contributed by atoms with Crippen molar-refractivity contribution in [2.45, 2.75) is 38.2 Å². The molecule has 39 heavy (non-hydrogen) atoms. The number of aromatic nitrogens is 2. The summed E-state index contributed by atoms with van der Waals surface area (Å²) in [5.74, 6) is 0.192. The van der Waals surface area contributed by atoms with Crippen LogP contribution < -0.4 is 9.47 Å². The summed E-state index contributed by atoms with van der Waals surface area (Å²) in [7, 11) is 2.99. The number of carbonyl (C=O) groups is 1. The average Bonchev–Trinajstić information content (AvgIpc) is 3.64. The molecule has 0 aliphatic rings. The molecule has 0 radical (unpaired) electrons. The molecule has 0 spiro atoms. The van der Waals surface area contributed by atoms with Crippen LogP contribution >= 0.6 is 0 Å². The molecule has 0 fully saturated rings. The second kappa shape index (κ2) is 13.1. The molecule has 4 rings (SSSR count). The monoisotopic (exact) mass is 532 g/mol. The van der Waals surface area contributed by atoms with Gasteiger partial charge < -0.3 is 34.8 Å². The van der Waals surface area contributed by atoms with Gasteiger partial charge in [0.25, 0.3) is 0 Å². The van der Waals surface area contributed by atoms with Crippen LogP contribution in [-0.2, 0) is 30.5 Å². The minimum Gasteiger partial charge on any atom is -0.504 e. The summed E-state index contributed by atoms with van der Waals surface area (Å²) in [5.41, 5.74) is 3.82. The number of methoxy groups -OCH3 is 2. The molecule has 0 unspecified atom stereocenters. The SMILES string of the molecule is COc1cc(C[C@@H](Cc2cc[nH]c2)C(=O)C[C@@H](O)[C@@H](Cc2cc[nH]c2)Cc2ccc(O)c(OC)c2)ccc1O. The van der Waals surface area contributed by atoms with E-state index in [1.807, 2.05) is 43.0 Å². The molecular weight excluding hydrogens is 496 g/mol. The van der Waals surface area contributed by atoms with E-state index in [9.17, 15) is 20.1 Å². The van der Waals surface area contributed by atoms with Crippen LogP contribution in [0.15, 0.2) is 73.3 Å². The van der Waals surface area contributed by atoms with Crippen LogP contribution in [0.1, 0.15) is 28.7 Å². The Hall–Kier alpha value is -4.17. The van der Waals surface area contributed by atoms with Crippen molar-refractivity contribution in [1.82, 2.24) is 9.97 Å². The number of hydrogen-bond donors (Lipinski definition) is 5. The summed E-state index contributed by atoms with van der Waals surface area (Å²) in [4.78, 5) is 19.8. The Labute approximate surface area is 228 Å². The lowest BCUT2D eigenvalue weighted by Crippen LogP contribution is -2.31. The maximum atomic E-state index is 13.7. The third-order valence-electron chi connectivity index (χ3n) is 7.18. The molecule has 2 heterocycles. The molecule has 4 aromatic rings. The minimum absolute atomic E-state index is 0.00855. The molecule has 8 heteroatoms. The van der Waals surface area contributed by atoms with Crippen molar-refractivity contribution in [3.05, 3.63) is 95.6 Å². The standard InChI is InChI=1S/C31H36N2O6/c1-38-30-15-20(3-5-26(30)34)11-24(13-22-7-9-32-18-22)28(36)17-29(37)25(14-23-8-10-33-19-23)12-21-4-6-27(35)31(16-21)39-2/h3-10,15-16,18-19,24-25,28,32-36H,11-14,17H2,1-2H3/t24-,25+,28-/m1/s1. The molecule has 0 saturated heterocycles. The van der Waals surface area contributed by atoms with Gasteiger partial charge in [0.05, 0.1) is 20.3 Å². The number of Topliss-reactive ketones (excluding diaryl/α,β-unsaturated/α-hetero) is 1. The van der Waals surface area contributed by atoms with E-state index in [0.29, 0.717) is 37.2 Å². The van der Waals surface area contributed by atoms with Gasteiger partial charge in [0.1, 0.15) is 5.78 Å². The van der Waals surface area contributed by atoms with Crippen LogP contribution in [0.5, 0.6) is 23.0 Å². The van der Waals surface area contributed by atoms with Gasteiger partial charge in [-0.05, 0) is 90.3 Å². The lowest BCUT2D eigenvalue weighted by atomic mass is 9.82. The van der Waals surface area contributed by atoms with Crippen molar-refractivity contribution in [3.63, 3.8) is 0 Å². The van der Waals surface area contributed by atoms with Crippen LogP contribution in [0.25, 0.3) is 0 Å². The first kappa shape index (κ1) is 27.9. The molecule has 0 saturated carbocycles. The fraction of sp³-hybridized carbons (Fsp3) is 0.323. The highest BCUT2D eigenvalue weighted by Crippen LogP contribution is 2.31. The highest BCUT2D eigenvalue weighted by atomic mass is 16.5. The van der Waals surface area contributed by atoms with Crippen molar-refractivity contribution in [1.29, 1.82) is 0 Å². The Balaban J connectivity index is 1.53. The molecule has 2 aromatic heterocycles. The van der Waals surface area contributed by atoms with Crippen molar-refractivity contribution >= 4 is 5.78 Å². The number of nitrogens with one attached hydrogen (secondary N) is 2. The zero-order valence-corrected chi connectivity index (χ0v) is 22.3. The zero-order valence-electron chi connectivity index (χ0n) is 22.3. The number of H-pyrrole nitrogens is 2. The molecular formula is C31H36N2O6. The number of benzene rings is 2. The number of ether oxygens (including phenoxy) is 2. The van der Waals surface area contributed by atoms with Gasteiger partial charge >= 0.3 is 0 Å². The lowest BCUT2D eigenvalue weighted by Gasteiger charge is -2.25. The highest BCUT2D eigenvalue weighted by molar-refractivity contribution is 5.82. The normalized spacial score (nSPS) is 13.5. The van der Waals surface area contributed by atoms with E-state index in [0.717, 1.165) is 22.3 Å². The average molecular weight is 533 g/mol. The number of hydrogen-bond acceptors (Lipinski definition) is 6. The second-order valence-electron chi connectivity index (χ2n) is 9.96. The fourth-order valence-corrected chi connectivity index (χ4v) is 5.03. The van der Waals surface area contributed by atoms with Crippen molar-refractivity contribution in [2.24, 2.45) is 11.8 Å². The van der Waals surface area contributed by atoms with Crippen molar-refractivity contribution < 1.29 is 29.6 Å². The van der Waals surface area contributed by atoms with E-state index in [-0.39, 0.29) is 35.5 Å². The summed E-state index contributed by atoms with van der Waals surface area (Å²) in [6.45, 7) is 0. The lowest BCUT2D eigenvalue weighted by molar-refractivity contribution is -0.125. The van der Waals surface area contributed by atoms with Gasteiger partial charge in [-0.1, -0.05) is 12.1 Å². The van der Waals surface area contributed by atoms with E-state index in [1.165, 1.54) is 14.2 Å². The minimum atomic E-state index is -0.879. The van der Waals surface area contributed by atoms with Crippen LogP contribution in [0.4, 0.5) is 0 Å². The van der Waals surface area contributed by atoms with Crippen LogP contribution in [0.3, 0.4) is 0 Å². The van der Waals surface area contributed by atoms with Gasteiger partial charge in [-0.2, -0.15) is 0 Å².